The molecule has 0 saturated carbocycles. The van der Waals surface area contributed by atoms with Gasteiger partial charge in [0.15, 0.2) is 16.8 Å². The first-order valence-electron chi connectivity index (χ1n) is 6.09. The van der Waals surface area contributed by atoms with Gasteiger partial charge < -0.3 is 9.32 Å². The highest BCUT2D eigenvalue weighted by Gasteiger charge is 2.17. The van der Waals surface area contributed by atoms with Gasteiger partial charge in [0.1, 0.15) is 0 Å². The normalized spacial score (nSPS) is 10.8. The molecule has 0 aliphatic rings. The molecule has 4 nitrogen and oxygen atoms in total. The fraction of sp³-hybridized carbons (Fsp3) is 0.333. The van der Waals surface area contributed by atoms with E-state index in [-0.39, 0.29) is 11.2 Å². The van der Waals surface area contributed by atoms with Gasteiger partial charge in [-0.2, -0.15) is 0 Å². The van der Waals surface area contributed by atoms with Crippen molar-refractivity contribution in [2.75, 3.05) is 19.0 Å². The van der Waals surface area contributed by atoms with Gasteiger partial charge in [-0.25, -0.2) is 0 Å². The molecule has 100 valence electrons. The summed E-state index contributed by atoms with van der Waals surface area (Å²) in [6.07, 6.45) is 0. The Kier molecular flexibility index (Phi) is 3.18. The molecular formula is C15H17NO3. The number of anilines is 1. The summed E-state index contributed by atoms with van der Waals surface area (Å²) in [5, 5.41) is 0.466. The quantitative estimate of drug-likeness (QED) is 0.778. The van der Waals surface area contributed by atoms with Gasteiger partial charge in [-0.1, -0.05) is 0 Å². The molecule has 0 amide bonds. The van der Waals surface area contributed by atoms with E-state index in [1.807, 2.05) is 6.92 Å². The molecule has 0 bridgehead atoms. The van der Waals surface area contributed by atoms with Crippen LogP contribution in [0.4, 0.5) is 5.88 Å². The zero-order valence-corrected chi connectivity index (χ0v) is 11.8. The van der Waals surface area contributed by atoms with Gasteiger partial charge in [-0.3, -0.25) is 9.59 Å². The number of aryl methyl sites for hydroxylation is 1. The number of benzene rings is 1. The maximum Gasteiger partial charge on any atom is 0.202 e. The molecule has 4 heteroatoms. The first-order valence-corrected chi connectivity index (χ1v) is 6.09. The van der Waals surface area contributed by atoms with Crippen LogP contribution in [-0.4, -0.2) is 19.9 Å². The van der Waals surface area contributed by atoms with Crippen LogP contribution in [0.15, 0.2) is 21.3 Å². The van der Waals surface area contributed by atoms with Gasteiger partial charge in [0.05, 0.1) is 16.5 Å². The minimum absolute atomic E-state index is 0.0869. The monoisotopic (exact) mass is 259 g/mol. The van der Waals surface area contributed by atoms with Crippen LogP contribution >= 0.6 is 0 Å². The van der Waals surface area contributed by atoms with Crippen LogP contribution in [-0.2, 0) is 0 Å². The number of hydrogen-bond donors (Lipinski definition) is 0. The minimum Gasteiger partial charge on any atom is -0.439 e. The van der Waals surface area contributed by atoms with Crippen LogP contribution in [0.3, 0.4) is 0 Å². The summed E-state index contributed by atoms with van der Waals surface area (Å²) in [6.45, 7) is 5.07. The molecule has 0 N–H and O–H groups in total. The number of fused-ring (bicyclic) bond motifs is 1. The van der Waals surface area contributed by atoms with Crippen molar-refractivity contribution in [1.29, 1.82) is 0 Å². The molecule has 0 atom stereocenters. The molecule has 2 rings (SSSR count). The van der Waals surface area contributed by atoms with E-state index in [0.717, 1.165) is 5.56 Å². The smallest absolute Gasteiger partial charge is 0.202 e. The fourth-order valence-electron chi connectivity index (χ4n) is 2.21. The van der Waals surface area contributed by atoms with E-state index >= 15 is 0 Å². The number of rotatable bonds is 2. The molecule has 19 heavy (non-hydrogen) atoms. The van der Waals surface area contributed by atoms with Crippen LogP contribution in [0.2, 0.25) is 0 Å². The Bertz CT molecular complexity index is 726. The first-order chi connectivity index (χ1) is 8.82. The third-order valence-electron chi connectivity index (χ3n) is 3.12. The molecule has 0 unspecified atom stereocenters. The molecule has 1 heterocycles. The number of hydrogen-bond acceptors (Lipinski definition) is 4. The lowest BCUT2D eigenvalue weighted by molar-refractivity contribution is 0.101. The Labute approximate surface area is 111 Å². The first kappa shape index (κ1) is 13.3. The predicted molar refractivity (Wildman–Crippen MR) is 76.3 cm³/mol. The van der Waals surface area contributed by atoms with Gasteiger partial charge in [-0.05, 0) is 38.5 Å². The lowest BCUT2D eigenvalue weighted by Crippen LogP contribution is -2.17. The molecular weight excluding hydrogens is 242 g/mol. The van der Waals surface area contributed by atoms with Crippen molar-refractivity contribution in [2.24, 2.45) is 0 Å². The average molecular weight is 259 g/mol. The van der Waals surface area contributed by atoms with Crippen LogP contribution < -0.4 is 10.3 Å². The highest BCUT2D eigenvalue weighted by molar-refractivity contribution is 6.05. The summed E-state index contributed by atoms with van der Waals surface area (Å²) in [5.74, 6) is 0.384. The largest absolute Gasteiger partial charge is 0.439 e. The maximum atomic E-state index is 12.4. The Morgan fingerprint density at radius 2 is 1.84 bits per heavy atom. The van der Waals surface area contributed by atoms with Crippen LogP contribution in [0.5, 0.6) is 0 Å². The second kappa shape index (κ2) is 4.53. The van der Waals surface area contributed by atoms with Crippen LogP contribution in [0.1, 0.15) is 28.4 Å². The summed E-state index contributed by atoms with van der Waals surface area (Å²) in [6, 6.07) is 3.52. The highest BCUT2D eigenvalue weighted by Crippen LogP contribution is 2.25. The molecule has 2 aromatic rings. The van der Waals surface area contributed by atoms with Crippen LogP contribution in [0.25, 0.3) is 11.0 Å². The van der Waals surface area contributed by atoms with Crippen LogP contribution in [0, 0.1) is 13.8 Å². The molecule has 0 aliphatic carbocycles. The number of nitrogens with zero attached hydrogens (tertiary/aromatic N) is 1. The lowest BCUT2D eigenvalue weighted by Gasteiger charge is -2.15. The fourth-order valence-corrected chi connectivity index (χ4v) is 2.21. The number of carbonyl (C=O) groups excluding carboxylic acids is 1. The number of ketones is 1. The SMILES string of the molecule is CC(=O)c1cc(C)cc2c(=O)c(C)c(N(C)C)oc12. The second-order valence-corrected chi connectivity index (χ2v) is 5.00. The van der Waals surface area contributed by atoms with E-state index in [2.05, 4.69) is 0 Å². The highest BCUT2D eigenvalue weighted by atomic mass is 16.4. The van der Waals surface area contributed by atoms with E-state index in [4.69, 9.17) is 4.42 Å². The Hall–Kier alpha value is -2.10. The van der Waals surface area contributed by atoms with E-state index in [0.29, 0.717) is 28.0 Å². The van der Waals surface area contributed by atoms with Gasteiger partial charge in [0.25, 0.3) is 0 Å². The molecule has 0 fully saturated rings. The lowest BCUT2D eigenvalue weighted by atomic mass is 10.0. The molecule has 0 aliphatic heterocycles. The van der Waals surface area contributed by atoms with Crippen molar-refractivity contribution >= 4 is 22.6 Å². The standard InChI is InChI=1S/C15H17NO3/c1-8-6-11(10(3)17)14-12(7-8)13(18)9(2)15(19-14)16(4)5/h6-7H,1-5H3. The predicted octanol–water partition coefficient (Wildman–Crippen LogP) is 2.68. The molecule has 1 aromatic carbocycles. The summed E-state index contributed by atoms with van der Waals surface area (Å²) in [5.41, 5.74) is 2.17. The van der Waals surface area contributed by atoms with Crippen molar-refractivity contribution in [3.8, 4) is 0 Å². The Morgan fingerprint density at radius 3 is 2.37 bits per heavy atom. The second-order valence-electron chi connectivity index (χ2n) is 5.00. The van der Waals surface area contributed by atoms with Gasteiger partial charge in [0.2, 0.25) is 5.88 Å². The van der Waals surface area contributed by atoms with Gasteiger partial charge in [0, 0.05) is 14.1 Å². The molecule has 0 saturated heterocycles. The van der Waals surface area contributed by atoms with Crippen molar-refractivity contribution < 1.29 is 9.21 Å². The zero-order chi connectivity index (χ0) is 14.3. The summed E-state index contributed by atoms with van der Waals surface area (Å²) in [4.78, 5) is 25.8. The van der Waals surface area contributed by atoms with Crippen molar-refractivity contribution in [3.05, 3.63) is 39.0 Å². The molecule has 1 aromatic heterocycles. The number of carbonyl (C=O) groups is 1. The van der Waals surface area contributed by atoms with Crippen molar-refractivity contribution in [2.45, 2.75) is 20.8 Å². The van der Waals surface area contributed by atoms with Gasteiger partial charge in [-0.15, -0.1) is 0 Å². The molecule has 0 radical (unpaired) electrons. The molecule has 0 spiro atoms. The van der Waals surface area contributed by atoms with E-state index < -0.39 is 0 Å². The van der Waals surface area contributed by atoms with Crippen molar-refractivity contribution in [1.82, 2.24) is 0 Å². The number of Topliss-reactive ketones (excluding diaryl/α,β-unsaturated/α-hetero) is 1. The van der Waals surface area contributed by atoms with E-state index in [1.54, 1.807) is 38.1 Å². The average Bonchev–Trinajstić information content (AvgIpc) is 2.32. The summed E-state index contributed by atoms with van der Waals surface area (Å²) in [7, 11) is 3.61. The van der Waals surface area contributed by atoms with E-state index in [1.165, 1.54) is 6.92 Å². The summed E-state index contributed by atoms with van der Waals surface area (Å²) < 4.78 is 5.79. The summed E-state index contributed by atoms with van der Waals surface area (Å²) >= 11 is 0. The van der Waals surface area contributed by atoms with Gasteiger partial charge >= 0.3 is 0 Å². The zero-order valence-electron chi connectivity index (χ0n) is 11.8. The minimum atomic E-state index is -0.106. The van der Waals surface area contributed by atoms with E-state index in [9.17, 15) is 9.59 Å². The Morgan fingerprint density at radius 1 is 1.21 bits per heavy atom. The Balaban J connectivity index is 3.01. The van der Waals surface area contributed by atoms with Crippen molar-refractivity contribution in [3.63, 3.8) is 0 Å². The maximum absolute atomic E-state index is 12.4. The third-order valence-corrected chi connectivity index (χ3v) is 3.12. The third kappa shape index (κ3) is 2.14. The topological polar surface area (TPSA) is 50.5 Å².